The lowest BCUT2D eigenvalue weighted by Crippen LogP contribution is -2.52. The molecular formula is C14H27N3O2. The summed E-state index contributed by atoms with van der Waals surface area (Å²) in [6.45, 7) is 8.72. The second-order valence-electron chi connectivity index (χ2n) is 6.47. The third-order valence-corrected chi connectivity index (χ3v) is 3.92. The highest BCUT2D eigenvalue weighted by atomic mass is 16.3. The number of aliphatic hydroxyl groups is 1. The standard InChI is InChI=1S/C14H27N3O2/c1-14(2,19)11-16-6-8-17(9-7-16)13(18)10-12-4-3-5-15-12/h12,15,19H,3-11H2,1-2H3. The van der Waals surface area contributed by atoms with Crippen LogP contribution in [0.4, 0.5) is 0 Å². The predicted molar refractivity (Wildman–Crippen MR) is 75.0 cm³/mol. The minimum atomic E-state index is -0.653. The molecule has 5 heteroatoms. The molecule has 1 unspecified atom stereocenters. The summed E-state index contributed by atoms with van der Waals surface area (Å²) in [5, 5.41) is 13.2. The monoisotopic (exact) mass is 269 g/mol. The largest absolute Gasteiger partial charge is 0.389 e. The van der Waals surface area contributed by atoms with Crippen molar-refractivity contribution < 1.29 is 9.90 Å². The van der Waals surface area contributed by atoms with Gasteiger partial charge in [-0.25, -0.2) is 0 Å². The maximum absolute atomic E-state index is 12.2. The van der Waals surface area contributed by atoms with Crippen LogP contribution in [0, 0.1) is 0 Å². The van der Waals surface area contributed by atoms with E-state index in [2.05, 4.69) is 10.2 Å². The summed E-state index contributed by atoms with van der Waals surface area (Å²) in [4.78, 5) is 16.4. The van der Waals surface area contributed by atoms with Crippen molar-refractivity contribution >= 4 is 5.91 Å². The van der Waals surface area contributed by atoms with Crippen molar-refractivity contribution in [2.24, 2.45) is 0 Å². The number of rotatable bonds is 4. The van der Waals surface area contributed by atoms with Gasteiger partial charge in [0.25, 0.3) is 0 Å². The third kappa shape index (κ3) is 4.75. The van der Waals surface area contributed by atoms with Crippen LogP contribution in [0.2, 0.25) is 0 Å². The Labute approximate surface area is 115 Å². The molecule has 1 atom stereocenters. The van der Waals surface area contributed by atoms with Crippen LogP contribution in [0.1, 0.15) is 33.1 Å². The lowest BCUT2D eigenvalue weighted by Gasteiger charge is -2.37. The van der Waals surface area contributed by atoms with E-state index in [-0.39, 0.29) is 5.91 Å². The van der Waals surface area contributed by atoms with Gasteiger partial charge in [0.05, 0.1) is 5.60 Å². The topological polar surface area (TPSA) is 55.8 Å². The Bertz CT molecular complexity index is 300. The summed E-state index contributed by atoms with van der Waals surface area (Å²) in [7, 11) is 0. The summed E-state index contributed by atoms with van der Waals surface area (Å²) in [5.74, 6) is 0.280. The predicted octanol–water partition coefficient (Wildman–Crippen LogP) is 0.0436. The van der Waals surface area contributed by atoms with Crippen LogP contribution in [-0.2, 0) is 4.79 Å². The number of amides is 1. The number of carbonyl (C=O) groups excluding carboxylic acids is 1. The van der Waals surface area contributed by atoms with Crippen molar-refractivity contribution in [1.29, 1.82) is 0 Å². The molecule has 0 spiro atoms. The number of hydrogen-bond acceptors (Lipinski definition) is 4. The number of hydrogen-bond donors (Lipinski definition) is 2. The normalized spacial score (nSPS) is 25.8. The Morgan fingerprint density at radius 3 is 2.53 bits per heavy atom. The Hall–Kier alpha value is -0.650. The van der Waals surface area contributed by atoms with Crippen molar-refractivity contribution in [1.82, 2.24) is 15.1 Å². The SMILES string of the molecule is CC(C)(O)CN1CCN(C(=O)CC2CCCN2)CC1. The molecule has 0 aliphatic carbocycles. The van der Waals surface area contributed by atoms with E-state index in [0.29, 0.717) is 19.0 Å². The van der Waals surface area contributed by atoms with Crippen LogP contribution >= 0.6 is 0 Å². The van der Waals surface area contributed by atoms with Gasteiger partial charge >= 0.3 is 0 Å². The molecular weight excluding hydrogens is 242 g/mol. The molecule has 2 N–H and O–H groups in total. The van der Waals surface area contributed by atoms with Crippen molar-refractivity contribution in [3.8, 4) is 0 Å². The quantitative estimate of drug-likeness (QED) is 0.757. The summed E-state index contributed by atoms with van der Waals surface area (Å²) in [6, 6.07) is 0.391. The molecule has 0 saturated carbocycles. The van der Waals surface area contributed by atoms with Crippen molar-refractivity contribution in [2.75, 3.05) is 39.3 Å². The van der Waals surface area contributed by atoms with E-state index in [1.165, 1.54) is 6.42 Å². The van der Waals surface area contributed by atoms with Gasteiger partial charge in [-0.2, -0.15) is 0 Å². The van der Waals surface area contributed by atoms with Crippen LogP contribution in [0.25, 0.3) is 0 Å². The maximum Gasteiger partial charge on any atom is 0.224 e. The van der Waals surface area contributed by atoms with Gasteiger partial charge in [-0.3, -0.25) is 9.69 Å². The summed E-state index contributed by atoms with van der Waals surface area (Å²) >= 11 is 0. The highest BCUT2D eigenvalue weighted by Crippen LogP contribution is 2.13. The van der Waals surface area contributed by atoms with Gasteiger partial charge in [-0.1, -0.05) is 0 Å². The lowest BCUT2D eigenvalue weighted by molar-refractivity contribution is -0.133. The highest BCUT2D eigenvalue weighted by Gasteiger charge is 2.26. The molecule has 2 rings (SSSR count). The molecule has 2 aliphatic rings. The fourth-order valence-corrected chi connectivity index (χ4v) is 2.97. The first-order valence-corrected chi connectivity index (χ1v) is 7.40. The van der Waals surface area contributed by atoms with E-state index < -0.39 is 5.60 Å². The van der Waals surface area contributed by atoms with Crippen LogP contribution < -0.4 is 5.32 Å². The van der Waals surface area contributed by atoms with E-state index in [1.807, 2.05) is 18.7 Å². The molecule has 2 heterocycles. The summed E-state index contributed by atoms with van der Waals surface area (Å²) < 4.78 is 0. The van der Waals surface area contributed by atoms with Crippen LogP contribution in [-0.4, -0.2) is 71.7 Å². The third-order valence-electron chi connectivity index (χ3n) is 3.92. The van der Waals surface area contributed by atoms with Crippen LogP contribution in [0.3, 0.4) is 0 Å². The molecule has 0 aromatic rings. The summed E-state index contributed by atoms with van der Waals surface area (Å²) in [5.41, 5.74) is -0.653. The first kappa shape index (κ1) is 14.8. The Morgan fingerprint density at radius 1 is 1.32 bits per heavy atom. The van der Waals surface area contributed by atoms with E-state index in [4.69, 9.17) is 0 Å². The molecule has 0 radical (unpaired) electrons. The molecule has 0 aromatic carbocycles. The fourth-order valence-electron chi connectivity index (χ4n) is 2.97. The van der Waals surface area contributed by atoms with Crippen LogP contribution in [0.5, 0.6) is 0 Å². The smallest absolute Gasteiger partial charge is 0.224 e. The first-order chi connectivity index (χ1) is 8.94. The van der Waals surface area contributed by atoms with Crippen molar-refractivity contribution in [3.63, 3.8) is 0 Å². The van der Waals surface area contributed by atoms with Gasteiger partial charge in [0.1, 0.15) is 0 Å². The zero-order valence-corrected chi connectivity index (χ0v) is 12.2. The van der Waals surface area contributed by atoms with Crippen molar-refractivity contribution in [3.05, 3.63) is 0 Å². The van der Waals surface area contributed by atoms with Gasteiger partial charge in [0.15, 0.2) is 0 Å². The Balaban J connectivity index is 1.71. The molecule has 2 saturated heterocycles. The minimum absolute atomic E-state index is 0.280. The summed E-state index contributed by atoms with van der Waals surface area (Å²) in [6.07, 6.45) is 2.97. The molecule has 2 aliphatic heterocycles. The number of β-amino-alcohol motifs (C(OH)–C–C–N with tert-alkyl or cyclic N) is 1. The number of piperazine rings is 1. The zero-order valence-electron chi connectivity index (χ0n) is 12.2. The Kier molecular flexibility index (Phi) is 4.81. The number of carbonyl (C=O) groups is 1. The minimum Gasteiger partial charge on any atom is -0.389 e. The molecule has 1 amide bonds. The molecule has 0 aromatic heterocycles. The van der Waals surface area contributed by atoms with Crippen molar-refractivity contribution in [2.45, 2.75) is 44.8 Å². The fraction of sp³-hybridized carbons (Fsp3) is 0.929. The lowest BCUT2D eigenvalue weighted by atomic mass is 10.1. The second-order valence-corrected chi connectivity index (χ2v) is 6.47. The molecule has 110 valence electrons. The highest BCUT2D eigenvalue weighted by molar-refractivity contribution is 5.77. The maximum atomic E-state index is 12.2. The van der Waals surface area contributed by atoms with Gasteiger partial charge in [-0.05, 0) is 33.2 Å². The average Bonchev–Trinajstić information content (AvgIpc) is 2.80. The molecule has 5 nitrogen and oxygen atoms in total. The van der Waals surface area contributed by atoms with Crippen LogP contribution in [0.15, 0.2) is 0 Å². The van der Waals surface area contributed by atoms with E-state index in [0.717, 1.165) is 39.1 Å². The molecule has 19 heavy (non-hydrogen) atoms. The van der Waals surface area contributed by atoms with Gasteiger partial charge in [0.2, 0.25) is 5.91 Å². The molecule has 2 fully saturated rings. The van der Waals surface area contributed by atoms with Gasteiger partial charge < -0.3 is 15.3 Å². The van der Waals surface area contributed by atoms with E-state index >= 15 is 0 Å². The van der Waals surface area contributed by atoms with E-state index in [1.54, 1.807) is 0 Å². The average molecular weight is 269 g/mol. The zero-order chi connectivity index (χ0) is 13.9. The number of nitrogens with one attached hydrogen (secondary N) is 1. The van der Waals surface area contributed by atoms with Gasteiger partial charge in [0, 0.05) is 45.2 Å². The number of nitrogens with zero attached hydrogens (tertiary/aromatic N) is 2. The first-order valence-electron chi connectivity index (χ1n) is 7.40. The van der Waals surface area contributed by atoms with E-state index in [9.17, 15) is 9.90 Å². The molecule has 0 bridgehead atoms. The Morgan fingerprint density at radius 2 is 2.00 bits per heavy atom. The van der Waals surface area contributed by atoms with Gasteiger partial charge in [-0.15, -0.1) is 0 Å². The second kappa shape index (κ2) is 6.20.